The Bertz CT molecular complexity index is 881. The third-order valence-electron chi connectivity index (χ3n) is 3.51. The summed E-state index contributed by atoms with van der Waals surface area (Å²) in [6, 6.07) is 18.3. The quantitative estimate of drug-likeness (QED) is 0.310. The van der Waals surface area contributed by atoms with Gasteiger partial charge in [-0.3, -0.25) is 0 Å². The van der Waals surface area contributed by atoms with Gasteiger partial charge in [0.15, 0.2) is 0 Å². The summed E-state index contributed by atoms with van der Waals surface area (Å²) in [4.78, 5) is 0. The van der Waals surface area contributed by atoms with Gasteiger partial charge in [-0.1, -0.05) is 0 Å². The monoisotopic (exact) mass is 520 g/mol. The van der Waals surface area contributed by atoms with Gasteiger partial charge in [0.25, 0.3) is 0 Å². The maximum absolute atomic E-state index is 2.36. The topological polar surface area (TPSA) is 0 Å². The van der Waals surface area contributed by atoms with Crippen molar-refractivity contribution >= 4 is 83.5 Å². The van der Waals surface area contributed by atoms with Crippen molar-refractivity contribution in [3.63, 3.8) is 0 Å². The van der Waals surface area contributed by atoms with Crippen LogP contribution in [0, 0.1) is 0 Å². The minimum atomic E-state index is 0.564. The second-order valence-electron chi connectivity index (χ2n) is 4.68. The van der Waals surface area contributed by atoms with Crippen molar-refractivity contribution < 1.29 is 0 Å². The van der Waals surface area contributed by atoms with E-state index >= 15 is 0 Å². The van der Waals surface area contributed by atoms with Crippen molar-refractivity contribution in [2.24, 2.45) is 0 Å². The standard InChI is InChI=1S/C16H8Se4/c1-3-7-11-9(5-1)13-15(17-11)16-14(20-19-13)10-6-2-4-8-12(10)18-16/h1-8H. The van der Waals surface area contributed by atoms with Crippen molar-refractivity contribution in [2.45, 2.75) is 0 Å². The molecule has 0 radical (unpaired) electrons. The molecule has 2 aromatic carbocycles. The molecule has 0 bridgehead atoms. The van der Waals surface area contributed by atoms with Crippen LogP contribution >= 0.6 is 0 Å². The van der Waals surface area contributed by atoms with Gasteiger partial charge in [0.2, 0.25) is 0 Å². The van der Waals surface area contributed by atoms with Crippen molar-refractivity contribution in [3.05, 3.63) is 48.5 Å². The fraction of sp³-hybridized carbons (Fsp3) is 0. The van der Waals surface area contributed by atoms with Crippen LogP contribution in [0.15, 0.2) is 48.5 Å². The van der Waals surface area contributed by atoms with E-state index in [-0.39, 0.29) is 0 Å². The normalized spacial score (nSPS) is 13.6. The zero-order chi connectivity index (χ0) is 13.1. The molecular weight excluding hydrogens is 508 g/mol. The Morgan fingerprint density at radius 2 is 1.00 bits per heavy atom. The number of hydrogen-bond donors (Lipinski definition) is 0. The van der Waals surface area contributed by atoms with E-state index in [2.05, 4.69) is 48.5 Å². The van der Waals surface area contributed by atoms with E-state index in [0.717, 1.165) is 0 Å². The molecule has 0 atom stereocenters. The molecule has 4 heteroatoms. The van der Waals surface area contributed by atoms with Crippen LogP contribution in [0.4, 0.5) is 0 Å². The van der Waals surface area contributed by atoms with Gasteiger partial charge in [-0.25, -0.2) is 0 Å². The Morgan fingerprint density at radius 1 is 0.550 bits per heavy atom. The van der Waals surface area contributed by atoms with Crippen LogP contribution in [-0.2, 0) is 0 Å². The van der Waals surface area contributed by atoms with Gasteiger partial charge in [-0.2, -0.15) is 0 Å². The number of benzene rings is 2. The molecule has 0 fully saturated rings. The molecule has 4 aromatic rings. The summed E-state index contributed by atoms with van der Waals surface area (Å²) < 4.78 is 10.3. The zero-order valence-electron chi connectivity index (χ0n) is 10.3. The third-order valence-corrected chi connectivity index (χ3v) is 17.7. The molecule has 0 nitrogen and oxygen atoms in total. The predicted molar refractivity (Wildman–Crippen MR) is 91.5 cm³/mol. The molecule has 1 aliphatic heterocycles. The van der Waals surface area contributed by atoms with Gasteiger partial charge in [-0.15, -0.1) is 0 Å². The molecule has 0 amide bonds. The summed E-state index contributed by atoms with van der Waals surface area (Å²) in [7, 11) is 0. The first-order chi connectivity index (χ1) is 9.92. The summed E-state index contributed by atoms with van der Waals surface area (Å²) in [5.74, 6) is 0. The van der Waals surface area contributed by atoms with Crippen molar-refractivity contribution in [3.8, 4) is 8.87 Å². The number of fused-ring (bicyclic) bond motifs is 7. The molecule has 5 rings (SSSR count). The maximum atomic E-state index is 2.36. The molecule has 0 saturated heterocycles. The zero-order valence-corrected chi connectivity index (χ0v) is 17.1. The molecule has 3 heterocycles. The van der Waals surface area contributed by atoms with Gasteiger partial charge in [-0.05, 0) is 0 Å². The summed E-state index contributed by atoms with van der Waals surface area (Å²) in [6.07, 6.45) is 0. The van der Waals surface area contributed by atoms with Crippen molar-refractivity contribution in [1.29, 1.82) is 0 Å². The Kier molecular flexibility index (Phi) is 2.98. The average Bonchev–Trinajstić information content (AvgIpc) is 3.05. The van der Waals surface area contributed by atoms with E-state index in [9.17, 15) is 0 Å². The first kappa shape index (κ1) is 12.5. The van der Waals surface area contributed by atoms with E-state index in [0.29, 0.717) is 55.3 Å². The van der Waals surface area contributed by atoms with Crippen LogP contribution in [0.5, 0.6) is 0 Å². The van der Waals surface area contributed by atoms with Gasteiger partial charge in [0, 0.05) is 0 Å². The second kappa shape index (κ2) is 4.75. The van der Waals surface area contributed by atoms with E-state index in [1.807, 2.05) is 0 Å². The van der Waals surface area contributed by atoms with Gasteiger partial charge in [0.1, 0.15) is 0 Å². The predicted octanol–water partition coefficient (Wildman–Crippen LogP) is 1.36. The Balaban J connectivity index is 1.91. The van der Waals surface area contributed by atoms with Gasteiger partial charge >= 0.3 is 141 Å². The second-order valence-corrected chi connectivity index (χ2v) is 15.1. The van der Waals surface area contributed by atoms with Crippen LogP contribution in [0.1, 0.15) is 0 Å². The van der Waals surface area contributed by atoms with Crippen LogP contribution in [0.25, 0.3) is 28.2 Å². The molecular formula is C16H8Se4. The van der Waals surface area contributed by atoms with E-state index in [4.69, 9.17) is 0 Å². The van der Waals surface area contributed by atoms with Crippen LogP contribution in [0.3, 0.4) is 0 Å². The molecule has 1 aliphatic rings. The first-order valence-corrected chi connectivity index (χ1v) is 15.8. The van der Waals surface area contributed by atoms with Gasteiger partial charge < -0.3 is 0 Å². The van der Waals surface area contributed by atoms with Crippen LogP contribution < -0.4 is 8.92 Å². The fourth-order valence-electron chi connectivity index (χ4n) is 2.59. The summed E-state index contributed by atoms with van der Waals surface area (Å²) in [5.41, 5.74) is 0. The van der Waals surface area contributed by atoms with E-state index < -0.39 is 0 Å². The SMILES string of the molecule is c1ccc2c3c([se]c2c1)-c1[se]c2ccccc2c1[Se][Se]3. The molecule has 0 unspecified atom stereocenters. The molecule has 0 saturated carbocycles. The molecule has 0 N–H and O–H groups in total. The Hall–Kier alpha value is -0.00208. The molecule has 2 aromatic heterocycles. The number of rotatable bonds is 0. The minimum absolute atomic E-state index is 0.564. The van der Waals surface area contributed by atoms with Crippen LogP contribution in [0.2, 0.25) is 0 Å². The summed E-state index contributed by atoms with van der Waals surface area (Å²) in [6.45, 7) is 0. The first-order valence-electron chi connectivity index (χ1n) is 6.30. The van der Waals surface area contributed by atoms with E-state index in [1.165, 1.54) is 0 Å². The third kappa shape index (κ3) is 1.72. The molecule has 20 heavy (non-hydrogen) atoms. The Labute approximate surface area is 139 Å². The number of hydrogen-bond acceptors (Lipinski definition) is 0. The summed E-state index contributed by atoms with van der Waals surface area (Å²) >= 11 is 2.52. The Morgan fingerprint density at radius 3 is 1.50 bits per heavy atom. The van der Waals surface area contributed by atoms with Crippen molar-refractivity contribution in [1.82, 2.24) is 0 Å². The summed E-state index contributed by atoms with van der Waals surface area (Å²) in [5, 5.41) is 3.20. The average molecular weight is 516 g/mol. The van der Waals surface area contributed by atoms with Crippen molar-refractivity contribution in [2.75, 3.05) is 0 Å². The van der Waals surface area contributed by atoms with Gasteiger partial charge in [0.05, 0.1) is 0 Å². The molecule has 0 spiro atoms. The fourth-order valence-corrected chi connectivity index (χ4v) is 21.6. The molecule has 0 aliphatic carbocycles. The van der Waals surface area contributed by atoms with E-state index in [1.54, 1.807) is 37.1 Å². The molecule has 96 valence electrons. The van der Waals surface area contributed by atoms with Crippen LogP contribution in [-0.4, -0.2) is 55.3 Å².